The molecule has 0 aliphatic carbocycles. The molecule has 3 aromatic rings. The second-order valence-electron chi connectivity index (χ2n) is 9.14. The quantitative estimate of drug-likeness (QED) is 0.328. The van der Waals surface area contributed by atoms with Crippen molar-refractivity contribution >= 4 is 23.1 Å². The lowest BCUT2D eigenvalue weighted by molar-refractivity contribution is 0.451. The van der Waals surface area contributed by atoms with Gasteiger partial charge >= 0.3 is 0 Å². The first-order valence-electron chi connectivity index (χ1n) is 12.0. The van der Waals surface area contributed by atoms with Crippen LogP contribution in [-0.2, 0) is 0 Å². The molecule has 0 atom stereocenters. The highest BCUT2D eigenvalue weighted by molar-refractivity contribution is 5.78. The van der Waals surface area contributed by atoms with E-state index < -0.39 is 0 Å². The van der Waals surface area contributed by atoms with Crippen molar-refractivity contribution in [2.75, 3.05) is 26.2 Å². The highest BCUT2D eigenvalue weighted by Crippen LogP contribution is 2.31. The lowest BCUT2D eigenvalue weighted by Crippen LogP contribution is -2.39. The van der Waals surface area contributed by atoms with Crippen LogP contribution in [0.3, 0.4) is 0 Å². The number of nitrogens with zero attached hydrogens (tertiary/aromatic N) is 4. The molecule has 0 radical (unpaired) electrons. The highest BCUT2D eigenvalue weighted by atomic mass is 16.4. The van der Waals surface area contributed by atoms with Crippen molar-refractivity contribution in [3.05, 3.63) is 71.3 Å². The van der Waals surface area contributed by atoms with Crippen molar-refractivity contribution in [2.24, 2.45) is 11.5 Å². The number of nitrogens with one attached hydrogen (secondary N) is 2. The highest BCUT2D eigenvalue weighted by Gasteiger charge is 2.18. The van der Waals surface area contributed by atoms with E-state index in [0.29, 0.717) is 24.9 Å². The normalized spacial score (nSPS) is 15.9. The summed E-state index contributed by atoms with van der Waals surface area (Å²) in [6.45, 7) is 4.91. The topological polar surface area (TPSA) is 145 Å². The average molecular weight is 483 g/mol. The minimum absolute atomic E-state index is 0.116. The fourth-order valence-corrected chi connectivity index (χ4v) is 4.72. The Kier molecular flexibility index (Phi) is 6.28. The minimum Gasteiger partial charge on any atom is -0.416 e. The van der Waals surface area contributed by atoms with Crippen LogP contribution in [0, 0.1) is 17.7 Å². The lowest BCUT2D eigenvalue weighted by Gasteiger charge is -2.27. The van der Waals surface area contributed by atoms with Gasteiger partial charge in [0.15, 0.2) is 11.9 Å². The molecular weight excluding hydrogens is 452 g/mol. The third-order valence-electron chi connectivity index (χ3n) is 6.85. The fourth-order valence-electron chi connectivity index (χ4n) is 4.72. The van der Waals surface area contributed by atoms with Crippen molar-refractivity contribution < 1.29 is 4.42 Å². The molecule has 5 rings (SSSR count). The van der Waals surface area contributed by atoms with Gasteiger partial charge in [-0.25, -0.2) is 0 Å². The Morgan fingerprint density at radius 1 is 0.778 bits per heavy atom. The van der Waals surface area contributed by atoms with Gasteiger partial charge in [-0.05, 0) is 71.9 Å². The Bertz CT molecular complexity index is 1370. The molecule has 2 aromatic carbocycles. The van der Waals surface area contributed by atoms with Crippen LogP contribution in [0.25, 0.3) is 34.1 Å². The van der Waals surface area contributed by atoms with Crippen LogP contribution >= 0.6 is 0 Å². The van der Waals surface area contributed by atoms with Crippen molar-refractivity contribution in [1.29, 1.82) is 10.8 Å². The predicted molar refractivity (Wildman–Crippen MR) is 142 cm³/mol. The third kappa shape index (κ3) is 4.72. The number of hydrogen-bond donors (Lipinski definition) is 4. The van der Waals surface area contributed by atoms with E-state index in [9.17, 15) is 0 Å². The number of hydrogen-bond acceptors (Lipinski definition) is 5. The summed E-state index contributed by atoms with van der Waals surface area (Å²) >= 11 is 0. The fraction of sp³-hybridized carbons (Fsp3) is 0.259. The molecule has 0 unspecified atom stereocenters. The first-order valence-corrected chi connectivity index (χ1v) is 12.0. The Balaban J connectivity index is 1.30. The second kappa shape index (κ2) is 9.69. The zero-order chi connectivity index (χ0) is 25.2. The molecule has 2 aliphatic heterocycles. The summed E-state index contributed by atoms with van der Waals surface area (Å²) in [5.74, 6) is 1.21. The van der Waals surface area contributed by atoms with Crippen LogP contribution < -0.4 is 11.5 Å². The van der Waals surface area contributed by atoms with E-state index in [-0.39, 0.29) is 11.9 Å². The van der Waals surface area contributed by atoms with Crippen molar-refractivity contribution in [2.45, 2.75) is 19.8 Å². The molecule has 9 nitrogen and oxygen atoms in total. The summed E-state index contributed by atoms with van der Waals surface area (Å²) in [6, 6.07) is 14.3. The molecule has 1 aromatic heterocycles. The first-order chi connectivity index (χ1) is 17.4. The van der Waals surface area contributed by atoms with Crippen LogP contribution in [0.5, 0.6) is 0 Å². The van der Waals surface area contributed by atoms with Crippen LogP contribution in [0.1, 0.15) is 29.5 Å². The minimum atomic E-state index is 0.116. The largest absolute Gasteiger partial charge is 0.416 e. The summed E-state index contributed by atoms with van der Waals surface area (Å²) in [6.07, 6.45) is 5.97. The van der Waals surface area contributed by atoms with Gasteiger partial charge in [0.05, 0.1) is 0 Å². The number of benzene rings is 2. The van der Waals surface area contributed by atoms with E-state index in [1.165, 1.54) is 16.7 Å². The van der Waals surface area contributed by atoms with Gasteiger partial charge in [0, 0.05) is 37.3 Å². The Labute approximate surface area is 210 Å². The van der Waals surface area contributed by atoms with Crippen LogP contribution in [0.4, 0.5) is 0 Å². The third-order valence-corrected chi connectivity index (χ3v) is 6.85. The Morgan fingerprint density at radius 2 is 1.31 bits per heavy atom. The molecule has 3 heterocycles. The van der Waals surface area contributed by atoms with Gasteiger partial charge in [0.25, 0.3) is 0 Å². The van der Waals surface area contributed by atoms with E-state index in [2.05, 4.69) is 53.5 Å². The summed E-state index contributed by atoms with van der Waals surface area (Å²) in [7, 11) is 0. The monoisotopic (exact) mass is 482 g/mol. The molecule has 0 fully saturated rings. The molecule has 36 heavy (non-hydrogen) atoms. The first kappa shape index (κ1) is 23.3. The second-order valence-corrected chi connectivity index (χ2v) is 9.14. The van der Waals surface area contributed by atoms with Crippen molar-refractivity contribution in [1.82, 2.24) is 20.0 Å². The molecule has 184 valence electrons. The van der Waals surface area contributed by atoms with Gasteiger partial charge in [0.1, 0.15) is 0 Å². The molecule has 9 heteroatoms. The van der Waals surface area contributed by atoms with Crippen molar-refractivity contribution in [3.63, 3.8) is 0 Å². The number of rotatable bonds is 4. The maximum Gasteiger partial charge on any atom is 0.248 e. The van der Waals surface area contributed by atoms with E-state index >= 15 is 0 Å². The standard InChI is InChI=1S/C27H30N8O/c1-17-16-22(6-7-23(17)20-10-14-35(15-11-20)27(30)31)25-33-32-24(36-25)21-4-2-18(3-5-21)19-8-12-34(13-9-19)26(28)29/h2-8,10,16H,9,11-15H2,1H3,(H3,28,29)(H3,30,31). The van der Waals surface area contributed by atoms with E-state index in [1.807, 2.05) is 28.0 Å². The summed E-state index contributed by atoms with van der Waals surface area (Å²) < 4.78 is 6.02. The van der Waals surface area contributed by atoms with Gasteiger partial charge in [-0.3, -0.25) is 10.8 Å². The SMILES string of the molecule is Cc1cc(-c2nnc(-c3ccc(C4=CCN(C(=N)N)CC4)cc3)o2)ccc1C1=CCN(C(=N)N)CC1. The van der Waals surface area contributed by atoms with Crippen LogP contribution in [0.15, 0.2) is 59.0 Å². The summed E-state index contributed by atoms with van der Waals surface area (Å²) in [5, 5.41) is 23.7. The number of nitrogens with two attached hydrogens (primary N) is 2. The zero-order valence-electron chi connectivity index (χ0n) is 20.3. The van der Waals surface area contributed by atoms with E-state index in [4.69, 9.17) is 26.7 Å². The zero-order valence-corrected chi connectivity index (χ0v) is 20.3. The smallest absolute Gasteiger partial charge is 0.248 e. The maximum absolute atomic E-state index is 7.60. The van der Waals surface area contributed by atoms with Gasteiger partial charge in [-0.15, -0.1) is 10.2 Å². The van der Waals surface area contributed by atoms with Gasteiger partial charge in [-0.2, -0.15) is 0 Å². The molecule has 0 amide bonds. The molecule has 6 N–H and O–H groups in total. The van der Waals surface area contributed by atoms with Gasteiger partial charge in [-0.1, -0.05) is 30.4 Å². The van der Waals surface area contributed by atoms with E-state index in [1.54, 1.807) is 0 Å². The molecule has 2 aliphatic rings. The molecule has 0 saturated heterocycles. The lowest BCUT2D eigenvalue weighted by atomic mass is 9.94. The van der Waals surface area contributed by atoms with E-state index in [0.717, 1.165) is 48.2 Å². The predicted octanol–water partition coefficient (Wildman–Crippen LogP) is 3.68. The van der Waals surface area contributed by atoms with Gasteiger partial charge < -0.3 is 25.7 Å². The molecule has 0 saturated carbocycles. The summed E-state index contributed by atoms with van der Waals surface area (Å²) in [4.78, 5) is 3.70. The number of guanidine groups is 2. The molecular formula is C27H30N8O. The number of aromatic nitrogens is 2. The van der Waals surface area contributed by atoms with Crippen molar-refractivity contribution in [3.8, 4) is 22.9 Å². The molecule has 0 spiro atoms. The Morgan fingerprint density at radius 3 is 1.83 bits per heavy atom. The Hall–Kier alpha value is -4.40. The van der Waals surface area contributed by atoms with Crippen LogP contribution in [-0.4, -0.2) is 58.1 Å². The van der Waals surface area contributed by atoms with Crippen LogP contribution in [0.2, 0.25) is 0 Å². The average Bonchev–Trinajstić information content (AvgIpc) is 3.39. The number of aryl methyl sites for hydroxylation is 1. The van der Waals surface area contributed by atoms with Gasteiger partial charge in [0.2, 0.25) is 11.8 Å². The molecule has 0 bridgehead atoms. The maximum atomic E-state index is 7.60. The summed E-state index contributed by atoms with van der Waals surface area (Å²) in [5.41, 5.74) is 19.0.